The van der Waals surface area contributed by atoms with Crippen LogP contribution in [0.1, 0.15) is 37.7 Å². The van der Waals surface area contributed by atoms with Crippen molar-refractivity contribution in [3.05, 3.63) is 18.0 Å². The summed E-state index contributed by atoms with van der Waals surface area (Å²) in [4.78, 5) is 2.57. The first-order valence-electron chi connectivity index (χ1n) is 8.68. The Morgan fingerprint density at radius 1 is 1.10 bits per heavy atom. The third-order valence-corrected chi connectivity index (χ3v) is 5.68. The summed E-state index contributed by atoms with van der Waals surface area (Å²) in [6, 6.07) is 0. The van der Waals surface area contributed by atoms with E-state index in [1.54, 1.807) is 0 Å². The number of hydrogen-bond donors (Lipinski definition) is 0. The van der Waals surface area contributed by atoms with Gasteiger partial charge in [-0.3, -0.25) is 9.58 Å². The minimum Gasteiger partial charge on any atom is -0.381 e. The van der Waals surface area contributed by atoms with Crippen molar-refractivity contribution in [3.8, 4) is 0 Å². The van der Waals surface area contributed by atoms with E-state index in [0.717, 1.165) is 44.1 Å². The zero-order chi connectivity index (χ0) is 14.1. The molecule has 2 saturated heterocycles. The van der Waals surface area contributed by atoms with Gasteiger partial charge < -0.3 is 4.74 Å². The maximum atomic E-state index is 5.46. The average Bonchev–Trinajstić information content (AvgIpc) is 2.86. The largest absolute Gasteiger partial charge is 0.381 e. The van der Waals surface area contributed by atoms with Crippen molar-refractivity contribution in [2.75, 3.05) is 26.3 Å². The van der Waals surface area contributed by atoms with Crippen LogP contribution in [0.4, 0.5) is 0 Å². The topological polar surface area (TPSA) is 30.3 Å². The molecule has 1 aromatic heterocycles. The molecule has 0 bridgehead atoms. The Kier molecular flexibility index (Phi) is 3.99. The zero-order valence-electron chi connectivity index (χ0n) is 12.9. The molecule has 116 valence electrons. The predicted octanol–water partition coefficient (Wildman–Crippen LogP) is 2.54. The lowest BCUT2D eigenvalue weighted by Gasteiger charge is -2.44. The minimum atomic E-state index is 0.889. The summed E-state index contributed by atoms with van der Waals surface area (Å²) in [5, 5.41) is 4.53. The standard InChI is InChI=1S/C17H27N3O/c1-2-14(3-1)10-20-11-15(8-18-20)9-19-12-17(13-19)16-4-6-21-7-5-16/h8,11,14,16-17H,1-7,9-10,12-13H2. The van der Waals surface area contributed by atoms with E-state index in [9.17, 15) is 0 Å². The maximum Gasteiger partial charge on any atom is 0.0534 e. The van der Waals surface area contributed by atoms with Crippen LogP contribution in [0.3, 0.4) is 0 Å². The SMILES string of the molecule is c1nn(CC2CCC2)cc1CN1CC(C2CCOCC2)C1. The molecule has 0 spiro atoms. The molecule has 4 nitrogen and oxygen atoms in total. The average molecular weight is 289 g/mol. The molecule has 0 unspecified atom stereocenters. The highest BCUT2D eigenvalue weighted by atomic mass is 16.5. The van der Waals surface area contributed by atoms with E-state index in [1.165, 1.54) is 50.8 Å². The van der Waals surface area contributed by atoms with Crippen LogP contribution in [0.15, 0.2) is 12.4 Å². The third-order valence-electron chi connectivity index (χ3n) is 5.68. The van der Waals surface area contributed by atoms with Crippen molar-refractivity contribution >= 4 is 0 Å². The van der Waals surface area contributed by atoms with Crippen LogP contribution in [0.2, 0.25) is 0 Å². The molecule has 4 heteroatoms. The van der Waals surface area contributed by atoms with Crippen LogP contribution >= 0.6 is 0 Å². The highest BCUT2D eigenvalue weighted by Gasteiger charge is 2.34. The molecule has 0 radical (unpaired) electrons. The second kappa shape index (κ2) is 6.09. The lowest BCUT2D eigenvalue weighted by Crippen LogP contribution is -2.50. The number of hydrogen-bond acceptors (Lipinski definition) is 3. The van der Waals surface area contributed by atoms with Crippen LogP contribution in [-0.4, -0.2) is 41.0 Å². The van der Waals surface area contributed by atoms with Gasteiger partial charge in [0.15, 0.2) is 0 Å². The minimum absolute atomic E-state index is 0.889. The Balaban J connectivity index is 1.22. The molecule has 1 aromatic rings. The number of likely N-dealkylation sites (tertiary alicyclic amines) is 1. The Morgan fingerprint density at radius 2 is 1.90 bits per heavy atom. The highest BCUT2D eigenvalue weighted by molar-refractivity contribution is 5.05. The van der Waals surface area contributed by atoms with Gasteiger partial charge >= 0.3 is 0 Å². The molecule has 0 aromatic carbocycles. The molecule has 0 atom stereocenters. The molecule has 3 fully saturated rings. The van der Waals surface area contributed by atoms with Crippen molar-refractivity contribution in [1.29, 1.82) is 0 Å². The monoisotopic (exact) mass is 289 g/mol. The van der Waals surface area contributed by atoms with Gasteiger partial charge in [-0.1, -0.05) is 6.42 Å². The van der Waals surface area contributed by atoms with Crippen molar-refractivity contribution in [2.24, 2.45) is 17.8 Å². The van der Waals surface area contributed by atoms with Crippen LogP contribution < -0.4 is 0 Å². The Hall–Kier alpha value is -0.870. The van der Waals surface area contributed by atoms with Crippen molar-refractivity contribution in [2.45, 2.75) is 45.2 Å². The van der Waals surface area contributed by atoms with Crippen molar-refractivity contribution in [1.82, 2.24) is 14.7 Å². The summed E-state index contributed by atoms with van der Waals surface area (Å²) in [6.45, 7) is 6.73. The third kappa shape index (κ3) is 3.16. The molecule has 1 saturated carbocycles. The van der Waals surface area contributed by atoms with Gasteiger partial charge in [-0.15, -0.1) is 0 Å². The van der Waals surface area contributed by atoms with E-state index < -0.39 is 0 Å². The molecule has 3 aliphatic rings. The van der Waals surface area contributed by atoms with Gasteiger partial charge in [-0.05, 0) is 43.4 Å². The van der Waals surface area contributed by atoms with E-state index >= 15 is 0 Å². The first-order chi connectivity index (χ1) is 10.4. The first-order valence-corrected chi connectivity index (χ1v) is 8.68. The first kappa shape index (κ1) is 13.8. The van der Waals surface area contributed by atoms with Crippen LogP contribution in [-0.2, 0) is 17.8 Å². The van der Waals surface area contributed by atoms with E-state index in [1.807, 2.05) is 0 Å². The van der Waals surface area contributed by atoms with Crippen LogP contribution in [0.5, 0.6) is 0 Å². The second-order valence-electron chi connectivity index (χ2n) is 7.27. The fraction of sp³-hybridized carbons (Fsp3) is 0.824. The Bertz CT molecular complexity index is 456. The number of ether oxygens (including phenoxy) is 1. The van der Waals surface area contributed by atoms with Gasteiger partial charge in [0.1, 0.15) is 0 Å². The highest BCUT2D eigenvalue weighted by Crippen LogP contribution is 2.32. The van der Waals surface area contributed by atoms with Crippen molar-refractivity contribution in [3.63, 3.8) is 0 Å². The molecule has 4 rings (SSSR count). The summed E-state index contributed by atoms with van der Waals surface area (Å²) >= 11 is 0. The van der Waals surface area contributed by atoms with Gasteiger partial charge in [-0.25, -0.2) is 0 Å². The van der Waals surface area contributed by atoms with Gasteiger partial charge in [-0.2, -0.15) is 5.10 Å². The van der Waals surface area contributed by atoms with Crippen LogP contribution in [0, 0.1) is 17.8 Å². The lowest BCUT2D eigenvalue weighted by molar-refractivity contribution is -0.0104. The van der Waals surface area contributed by atoms with E-state index in [0.29, 0.717) is 0 Å². The summed E-state index contributed by atoms with van der Waals surface area (Å²) < 4.78 is 7.63. The Labute approximate surface area is 127 Å². The fourth-order valence-corrected chi connectivity index (χ4v) is 4.01. The molecular formula is C17H27N3O. The summed E-state index contributed by atoms with van der Waals surface area (Å²) in [5.41, 5.74) is 1.39. The van der Waals surface area contributed by atoms with Gasteiger partial charge in [0.05, 0.1) is 6.20 Å². The summed E-state index contributed by atoms with van der Waals surface area (Å²) in [7, 11) is 0. The summed E-state index contributed by atoms with van der Waals surface area (Å²) in [5.74, 6) is 2.72. The molecule has 2 aliphatic heterocycles. The zero-order valence-corrected chi connectivity index (χ0v) is 12.9. The second-order valence-corrected chi connectivity index (χ2v) is 7.27. The molecule has 0 N–H and O–H groups in total. The van der Waals surface area contributed by atoms with E-state index in [-0.39, 0.29) is 0 Å². The van der Waals surface area contributed by atoms with E-state index in [2.05, 4.69) is 27.1 Å². The normalized spacial score (nSPS) is 25.7. The molecule has 0 amide bonds. The molecule has 1 aliphatic carbocycles. The van der Waals surface area contributed by atoms with Gasteiger partial charge in [0.25, 0.3) is 0 Å². The number of aromatic nitrogens is 2. The maximum absolute atomic E-state index is 5.46. The van der Waals surface area contributed by atoms with E-state index in [4.69, 9.17) is 4.74 Å². The smallest absolute Gasteiger partial charge is 0.0534 e. The Morgan fingerprint density at radius 3 is 2.62 bits per heavy atom. The van der Waals surface area contributed by atoms with Gasteiger partial charge in [0.2, 0.25) is 0 Å². The quantitative estimate of drug-likeness (QED) is 0.834. The van der Waals surface area contributed by atoms with Crippen LogP contribution in [0.25, 0.3) is 0 Å². The lowest BCUT2D eigenvalue weighted by atomic mass is 9.81. The number of rotatable bonds is 5. The fourth-order valence-electron chi connectivity index (χ4n) is 4.01. The van der Waals surface area contributed by atoms with Gasteiger partial charge in [0, 0.05) is 51.2 Å². The predicted molar refractivity (Wildman–Crippen MR) is 81.9 cm³/mol. The molecule has 3 heterocycles. The molecular weight excluding hydrogens is 262 g/mol. The van der Waals surface area contributed by atoms with Crippen molar-refractivity contribution < 1.29 is 4.74 Å². The number of nitrogens with zero attached hydrogens (tertiary/aromatic N) is 3. The molecule has 21 heavy (non-hydrogen) atoms. The summed E-state index contributed by atoms with van der Waals surface area (Å²) in [6.07, 6.45) is 11.1.